The molecule has 0 aromatic carbocycles. The molecule has 88 valence electrons. The van der Waals surface area contributed by atoms with Crippen LogP contribution in [0.15, 0.2) is 6.33 Å². The van der Waals surface area contributed by atoms with Crippen molar-refractivity contribution in [1.29, 1.82) is 0 Å². The average molecular weight is 242 g/mol. The molecule has 0 atom stereocenters. The number of aromatic nitrogens is 3. The lowest BCUT2D eigenvalue weighted by molar-refractivity contribution is -0.151. The number of ether oxygens (including phenoxy) is 1. The van der Waals surface area contributed by atoms with E-state index in [0.717, 1.165) is 0 Å². The van der Waals surface area contributed by atoms with Crippen molar-refractivity contribution in [2.75, 3.05) is 7.11 Å². The highest BCUT2D eigenvalue weighted by molar-refractivity contribution is 7.80. The molecule has 0 saturated carbocycles. The summed E-state index contributed by atoms with van der Waals surface area (Å²) in [6, 6.07) is 0. The number of hydrogen-bond donors (Lipinski definition) is 1. The van der Waals surface area contributed by atoms with Gasteiger partial charge in [0.05, 0.1) is 19.1 Å². The molecule has 1 aromatic rings. The van der Waals surface area contributed by atoms with Crippen molar-refractivity contribution in [3.8, 4) is 0 Å². The fraction of sp³-hybridized carbons (Fsp3) is 0.556. The third-order valence-electron chi connectivity index (χ3n) is 2.05. The molecular weight excluding hydrogens is 228 g/mol. The van der Waals surface area contributed by atoms with Crippen LogP contribution >= 0.6 is 12.2 Å². The number of nitrogens with two attached hydrogens (primary N) is 1. The molecule has 0 aliphatic heterocycles. The van der Waals surface area contributed by atoms with E-state index in [0.29, 0.717) is 12.4 Å². The summed E-state index contributed by atoms with van der Waals surface area (Å²) in [5.74, 6) is -0.00413. The van der Waals surface area contributed by atoms with E-state index in [-0.39, 0.29) is 11.0 Å². The van der Waals surface area contributed by atoms with E-state index >= 15 is 0 Å². The van der Waals surface area contributed by atoms with Crippen molar-refractivity contribution in [1.82, 2.24) is 14.8 Å². The summed E-state index contributed by atoms with van der Waals surface area (Å²) >= 11 is 4.74. The maximum Gasteiger partial charge on any atom is 0.313 e. The van der Waals surface area contributed by atoms with E-state index in [1.165, 1.54) is 18.1 Å². The Balaban J connectivity index is 2.80. The molecule has 1 aromatic heterocycles. The predicted octanol–water partition coefficient (Wildman–Crippen LogP) is 0.112. The molecule has 2 N–H and O–H groups in total. The topological polar surface area (TPSA) is 83.0 Å². The van der Waals surface area contributed by atoms with Gasteiger partial charge >= 0.3 is 5.97 Å². The lowest BCUT2D eigenvalue weighted by Gasteiger charge is -2.20. The molecule has 0 spiro atoms. The number of hydrogen-bond acceptors (Lipinski definition) is 5. The highest BCUT2D eigenvalue weighted by Gasteiger charge is 2.29. The highest BCUT2D eigenvalue weighted by Crippen LogP contribution is 2.19. The van der Waals surface area contributed by atoms with Crippen LogP contribution in [-0.2, 0) is 16.1 Å². The fourth-order valence-electron chi connectivity index (χ4n) is 1.23. The van der Waals surface area contributed by atoms with Gasteiger partial charge in [-0.05, 0) is 13.8 Å². The molecule has 0 unspecified atom stereocenters. The summed E-state index contributed by atoms with van der Waals surface area (Å²) < 4.78 is 6.21. The van der Waals surface area contributed by atoms with Crippen LogP contribution in [0.2, 0.25) is 0 Å². The number of esters is 1. The van der Waals surface area contributed by atoms with Crippen LogP contribution in [0.5, 0.6) is 0 Å². The van der Waals surface area contributed by atoms with Crippen LogP contribution in [0.3, 0.4) is 0 Å². The Labute approximate surface area is 98.8 Å². The van der Waals surface area contributed by atoms with Crippen molar-refractivity contribution < 1.29 is 9.53 Å². The molecule has 0 saturated heterocycles. The summed E-state index contributed by atoms with van der Waals surface area (Å²) in [4.78, 5) is 15.5. The molecule has 0 aliphatic rings. The second kappa shape index (κ2) is 4.56. The molecule has 0 bridgehead atoms. The first kappa shape index (κ1) is 12.6. The number of methoxy groups -OCH3 is 1. The minimum absolute atomic E-state index is 0.134. The van der Waals surface area contributed by atoms with Gasteiger partial charge in [-0.1, -0.05) is 12.2 Å². The number of rotatable bonds is 4. The average Bonchev–Trinajstić information content (AvgIpc) is 2.64. The van der Waals surface area contributed by atoms with E-state index in [2.05, 4.69) is 10.1 Å². The first-order valence-electron chi connectivity index (χ1n) is 4.64. The third-order valence-corrected chi connectivity index (χ3v) is 2.23. The Morgan fingerprint density at radius 3 is 2.75 bits per heavy atom. The SMILES string of the molecule is COC(=O)C(C)(C)Cn1cnc(C(N)=S)n1. The lowest BCUT2D eigenvalue weighted by atomic mass is 9.94. The Kier molecular flexibility index (Phi) is 3.58. The van der Waals surface area contributed by atoms with E-state index < -0.39 is 5.41 Å². The second-order valence-electron chi connectivity index (χ2n) is 4.01. The molecule has 1 heterocycles. The van der Waals surface area contributed by atoms with Crippen molar-refractivity contribution in [2.24, 2.45) is 11.1 Å². The van der Waals surface area contributed by atoms with Crippen molar-refractivity contribution in [3.63, 3.8) is 0 Å². The van der Waals surface area contributed by atoms with Crippen molar-refractivity contribution in [2.45, 2.75) is 20.4 Å². The Morgan fingerprint density at radius 1 is 1.69 bits per heavy atom. The van der Waals surface area contributed by atoms with Crippen LogP contribution in [-0.4, -0.2) is 32.8 Å². The van der Waals surface area contributed by atoms with Crippen molar-refractivity contribution in [3.05, 3.63) is 12.2 Å². The van der Waals surface area contributed by atoms with Crippen LogP contribution in [0, 0.1) is 5.41 Å². The minimum atomic E-state index is -0.671. The van der Waals surface area contributed by atoms with Crippen LogP contribution in [0.4, 0.5) is 0 Å². The maximum atomic E-state index is 11.4. The third kappa shape index (κ3) is 2.75. The van der Waals surface area contributed by atoms with Gasteiger partial charge in [-0.15, -0.1) is 5.10 Å². The van der Waals surface area contributed by atoms with Gasteiger partial charge in [0.25, 0.3) is 0 Å². The van der Waals surface area contributed by atoms with Gasteiger partial charge in [0.2, 0.25) is 5.82 Å². The monoisotopic (exact) mass is 242 g/mol. The normalized spacial score (nSPS) is 11.2. The molecule has 0 amide bonds. The molecule has 16 heavy (non-hydrogen) atoms. The van der Waals surface area contributed by atoms with Gasteiger partial charge in [0.15, 0.2) is 0 Å². The first-order chi connectivity index (χ1) is 7.36. The summed E-state index contributed by atoms with van der Waals surface area (Å²) in [6.45, 7) is 3.89. The zero-order chi connectivity index (χ0) is 12.3. The molecule has 6 nitrogen and oxygen atoms in total. The van der Waals surface area contributed by atoms with Gasteiger partial charge < -0.3 is 10.5 Å². The highest BCUT2D eigenvalue weighted by atomic mass is 32.1. The quantitative estimate of drug-likeness (QED) is 0.596. The van der Waals surface area contributed by atoms with Crippen LogP contribution in [0.25, 0.3) is 0 Å². The standard InChI is InChI=1S/C9H14N4O2S/c1-9(2,8(14)15-3)4-13-5-11-7(12-13)6(10)16/h5H,4H2,1-3H3,(H2,10,16). The number of carbonyl (C=O) groups excluding carboxylic acids is 1. The summed E-state index contributed by atoms with van der Waals surface area (Å²) in [5, 5.41) is 4.04. The molecule has 0 radical (unpaired) electrons. The number of carbonyl (C=O) groups is 1. The second-order valence-corrected chi connectivity index (χ2v) is 4.45. The molecular formula is C9H14N4O2S. The zero-order valence-corrected chi connectivity index (χ0v) is 10.2. The minimum Gasteiger partial charge on any atom is -0.469 e. The van der Waals surface area contributed by atoms with Gasteiger partial charge in [-0.3, -0.25) is 9.48 Å². The number of thiocarbonyl (C=S) groups is 1. The molecule has 7 heteroatoms. The van der Waals surface area contributed by atoms with Gasteiger partial charge in [-0.2, -0.15) is 0 Å². The Hall–Kier alpha value is -1.50. The van der Waals surface area contributed by atoms with E-state index in [1.54, 1.807) is 13.8 Å². The van der Waals surface area contributed by atoms with E-state index in [1.807, 2.05) is 0 Å². The van der Waals surface area contributed by atoms with E-state index in [4.69, 9.17) is 22.7 Å². The molecule has 0 aliphatic carbocycles. The first-order valence-corrected chi connectivity index (χ1v) is 5.05. The van der Waals surface area contributed by atoms with E-state index in [9.17, 15) is 4.79 Å². The Bertz CT molecular complexity index is 413. The van der Waals surface area contributed by atoms with Gasteiger partial charge in [0.1, 0.15) is 11.3 Å². The smallest absolute Gasteiger partial charge is 0.313 e. The van der Waals surface area contributed by atoms with Crippen molar-refractivity contribution >= 4 is 23.2 Å². The molecule has 0 fully saturated rings. The fourth-order valence-corrected chi connectivity index (χ4v) is 1.32. The summed E-state index contributed by atoms with van der Waals surface area (Å²) in [7, 11) is 1.35. The van der Waals surface area contributed by atoms with Crippen LogP contribution in [0.1, 0.15) is 19.7 Å². The predicted molar refractivity (Wildman–Crippen MR) is 61.7 cm³/mol. The Morgan fingerprint density at radius 2 is 2.31 bits per heavy atom. The van der Waals surface area contributed by atoms with Gasteiger partial charge in [0, 0.05) is 0 Å². The zero-order valence-electron chi connectivity index (χ0n) is 9.43. The van der Waals surface area contributed by atoms with Gasteiger partial charge in [-0.25, -0.2) is 4.98 Å². The number of nitrogens with zero attached hydrogens (tertiary/aromatic N) is 3. The maximum absolute atomic E-state index is 11.4. The lowest BCUT2D eigenvalue weighted by Crippen LogP contribution is -2.31. The van der Waals surface area contributed by atoms with Crippen LogP contribution < -0.4 is 5.73 Å². The summed E-state index contributed by atoms with van der Waals surface area (Å²) in [6.07, 6.45) is 1.49. The largest absolute Gasteiger partial charge is 0.469 e. The summed E-state index contributed by atoms with van der Waals surface area (Å²) in [5.41, 5.74) is 4.71. The molecule has 1 rings (SSSR count).